The molecule has 0 radical (unpaired) electrons. The van der Waals surface area contributed by atoms with Crippen molar-refractivity contribution >= 4 is 15.7 Å². The zero-order valence-electron chi connectivity index (χ0n) is 14.3. The number of nitrogens with zero attached hydrogens (tertiary/aromatic N) is 1. The Morgan fingerprint density at radius 1 is 1.29 bits per heavy atom. The monoisotopic (exact) mass is 350 g/mol. The average Bonchev–Trinajstić information content (AvgIpc) is 3.21. The summed E-state index contributed by atoms with van der Waals surface area (Å²) in [6.07, 6.45) is 4.16. The molecular weight excluding hydrogens is 324 g/mol. The van der Waals surface area contributed by atoms with Gasteiger partial charge in [0.05, 0.1) is 10.6 Å². The Bertz CT molecular complexity index is 715. The normalized spacial score (nSPS) is 20.4. The van der Waals surface area contributed by atoms with E-state index in [9.17, 15) is 13.2 Å². The van der Waals surface area contributed by atoms with E-state index < -0.39 is 9.84 Å². The van der Waals surface area contributed by atoms with Crippen molar-refractivity contribution in [3.05, 3.63) is 29.3 Å². The van der Waals surface area contributed by atoms with E-state index in [2.05, 4.69) is 5.32 Å². The van der Waals surface area contributed by atoms with Gasteiger partial charge in [-0.3, -0.25) is 4.79 Å². The quantitative estimate of drug-likeness (QED) is 0.842. The zero-order valence-corrected chi connectivity index (χ0v) is 15.1. The Labute approximate surface area is 144 Å². The van der Waals surface area contributed by atoms with E-state index in [0.717, 1.165) is 50.9 Å². The number of benzene rings is 1. The van der Waals surface area contributed by atoms with Crippen molar-refractivity contribution in [1.82, 2.24) is 10.2 Å². The largest absolute Gasteiger partial charge is 0.342 e. The van der Waals surface area contributed by atoms with Gasteiger partial charge < -0.3 is 10.2 Å². The summed E-state index contributed by atoms with van der Waals surface area (Å²) in [5.41, 5.74) is 2.41. The molecule has 1 aliphatic carbocycles. The van der Waals surface area contributed by atoms with Crippen molar-refractivity contribution < 1.29 is 13.2 Å². The maximum atomic E-state index is 12.5. The molecule has 1 N–H and O–H groups in total. The zero-order chi connectivity index (χ0) is 17.2. The van der Waals surface area contributed by atoms with Crippen molar-refractivity contribution in [1.29, 1.82) is 0 Å². The molecule has 1 saturated heterocycles. The summed E-state index contributed by atoms with van der Waals surface area (Å²) in [5.74, 6) is 0.336. The molecule has 2 aliphatic rings. The number of hydrogen-bond acceptors (Lipinski definition) is 4. The van der Waals surface area contributed by atoms with Crippen LogP contribution in [0, 0.1) is 5.92 Å². The third-order valence-electron chi connectivity index (χ3n) is 5.15. The van der Waals surface area contributed by atoms with Gasteiger partial charge in [0.15, 0.2) is 9.84 Å². The Kier molecular flexibility index (Phi) is 5.25. The van der Waals surface area contributed by atoms with Crippen LogP contribution < -0.4 is 5.32 Å². The van der Waals surface area contributed by atoms with Crippen LogP contribution in [0.2, 0.25) is 0 Å². The van der Waals surface area contributed by atoms with E-state index in [4.69, 9.17) is 0 Å². The number of amides is 1. The lowest BCUT2D eigenvalue weighted by Crippen LogP contribution is -2.31. The maximum Gasteiger partial charge on any atom is 0.223 e. The molecule has 1 heterocycles. The second-order valence-corrected chi connectivity index (χ2v) is 9.01. The van der Waals surface area contributed by atoms with Crippen LogP contribution in [0.25, 0.3) is 0 Å². The molecule has 0 saturated carbocycles. The number of fused-ring (bicyclic) bond motifs is 1. The van der Waals surface area contributed by atoms with Gasteiger partial charge in [-0.15, -0.1) is 0 Å². The molecule has 0 bridgehead atoms. The van der Waals surface area contributed by atoms with Crippen LogP contribution in [-0.4, -0.2) is 51.7 Å². The molecule has 6 heteroatoms. The van der Waals surface area contributed by atoms with E-state index >= 15 is 0 Å². The summed E-state index contributed by atoms with van der Waals surface area (Å²) in [5, 5.41) is 3.13. The first-order chi connectivity index (χ1) is 11.5. The highest BCUT2D eigenvalue weighted by Gasteiger charge is 2.27. The average molecular weight is 350 g/mol. The topological polar surface area (TPSA) is 66.5 Å². The molecule has 1 aliphatic heterocycles. The molecule has 0 aromatic heterocycles. The lowest BCUT2D eigenvalue weighted by molar-refractivity contribution is -0.129. The first-order valence-electron chi connectivity index (χ1n) is 8.76. The molecule has 1 aromatic rings. The fourth-order valence-electron chi connectivity index (χ4n) is 3.75. The van der Waals surface area contributed by atoms with Gasteiger partial charge in [-0.1, -0.05) is 6.07 Å². The number of sulfone groups is 1. The predicted octanol–water partition coefficient (Wildman–Crippen LogP) is 1.41. The summed E-state index contributed by atoms with van der Waals surface area (Å²) in [4.78, 5) is 14.5. The molecule has 3 rings (SSSR count). The third kappa shape index (κ3) is 3.81. The van der Waals surface area contributed by atoms with Crippen LogP contribution in [0.15, 0.2) is 23.1 Å². The van der Waals surface area contributed by atoms with Gasteiger partial charge in [0.25, 0.3) is 0 Å². The fourth-order valence-corrected chi connectivity index (χ4v) is 5.03. The molecule has 1 aromatic carbocycles. The van der Waals surface area contributed by atoms with Gasteiger partial charge in [0, 0.05) is 19.5 Å². The number of carbonyl (C=O) groups is 1. The molecule has 1 amide bonds. The summed E-state index contributed by atoms with van der Waals surface area (Å²) >= 11 is 0. The van der Waals surface area contributed by atoms with Crippen LogP contribution in [0.4, 0.5) is 0 Å². The number of rotatable bonds is 6. The summed E-state index contributed by atoms with van der Waals surface area (Å²) in [7, 11) is -1.48. The Morgan fingerprint density at radius 2 is 2.08 bits per heavy atom. The van der Waals surface area contributed by atoms with Crippen molar-refractivity contribution in [2.75, 3.05) is 32.4 Å². The van der Waals surface area contributed by atoms with Crippen molar-refractivity contribution in [3.8, 4) is 0 Å². The van der Waals surface area contributed by atoms with E-state index in [1.54, 1.807) is 17.0 Å². The first-order valence-corrected chi connectivity index (χ1v) is 10.4. The van der Waals surface area contributed by atoms with Crippen molar-refractivity contribution in [3.63, 3.8) is 0 Å². The first kappa shape index (κ1) is 17.4. The SMILES string of the molecule is CNCC1CCN(C(=O)CCS(=O)(=O)c2ccc3c(c2)CCC3)C1. The van der Waals surface area contributed by atoms with Gasteiger partial charge in [0.1, 0.15) is 0 Å². The Morgan fingerprint density at radius 3 is 2.88 bits per heavy atom. The highest BCUT2D eigenvalue weighted by Crippen LogP contribution is 2.25. The lowest BCUT2D eigenvalue weighted by Gasteiger charge is -2.16. The minimum Gasteiger partial charge on any atom is -0.342 e. The van der Waals surface area contributed by atoms with E-state index in [-0.39, 0.29) is 18.1 Å². The Hall–Kier alpha value is -1.40. The van der Waals surface area contributed by atoms with E-state index in [1.807, 2.05) is 13.1 Å². The number of nitrogens with one attached hydrogen (secondary N) is 1. The number of aryl methyl sites for hydroxylation is 2. The highest BCUT2D eigenvalue weighted by molar-refractivity contribution is 7.91. The minimum absolute atomic E-state index is 0.0432. The summed E-state index contributed by atoms with van der Waals surface area (Å²) in [6.45, 7) is 2.37. The van der Waals surface area contributed by atoms with Crippen LogP contribution in [0.3, 0.4) is 0 Å². The van der Waals surface area contributed by atoms with Gasteiger partial charge in [-0.05, 0) is 68.5 Å². The second kappa shape index (κ2) is 7.23. The van der Waals surface area contributed by atoms with Crippen LogP contribution in [0.5, 0.6) is 0 Å². The molecule has 1 fully saturated rings. The minimum atomic E-state index is -3.39. The van der Waals surface area contributed by atoms with Crippen LogP contribution in [-0.2, 0) is 27.5 Å². The lowest BCUT2D eigenvalue weighted by atomic mass is 10.1. The van der Waals surface area contributed by atoms with Crippen molar-refractivity contribution in [2.45, 2.75) is 37.0 Å². The standard InChI is InChI=1S/C18H26N2O3S/c1-19-12-14-7-9-20(13-14)18(21)8-10-24(22,23)17-6-5-15-3-2-4-16(15)11-17/h5-6,11,14,19H,2-4,7-10,12-13H2,1H3. The maximum absolute atomic E-state index is 12.5. The number of carbonyl (C=O) groups excluding carboxylic acids is 1. The molecule has 1 unspecified atom stereocenters. The third-order valence-corrected chi connectivity index (χ3v) is 6.86. The molecule has 132 valence electrons. The van der Waals surface area contributed by atoms with Gasteiger partial charge >= 0.3 is 0 Å². The molecule has 24 heavy (non-hydrogen) atoms. The molecular formula is C18H26N2O3S. The van der Waals surface area contributed by atoms with Crippen LogP contribution in [0.1, 0.15) is 30.4 Å². The predicted molar refractivity (Wildman–Crippen MR) is 93.8 cm³/mol. The number of likely N-dealkylation sites (tertiary alicyclic amines) is 1. The van der Waals surface area contributed by atoms with E-state index in [0.29, 0.717) is 10.8 Å². The van der Waals surface area contributed by atoms with Gasteiger partial charge in [0.2, 0.25) is 5.91 Å². The van der Waals surface area contributed by atoms with E-state index in [1.165, 1.54) is 5.56 Å². The Balaban J connectivity index is 1.58. The fraction of sp³-hybridized carbons (Fsp3) is 0.611. The van der Waals surface area contributed by atoms with Gasteiger partial charge in [-0.25, -0.2) is 8.42 Å². The second-order valence-electron chi connectivity index (χ2n) is 6.91. The van der Waals surface area contributed by atoms with Crippen molar-refractivity contribution in [2.24, 2.45) is 5.92 Å². The summed E-state index contributed by atoms with van der Waals surface area (Å²) < 4.78 is 25.1. The van der Waals surface area contributed by atoms with Gasteiger partial charge in [-0.2, -0.15) is 0 Å². The van der Waals surface area contributed by atoms with Crippen LogP contribution >= 0.6 is 0 Å². The molecule has 0 spiro atoms. The smallest absolute Gasteiger partial charge is 0.223 e. The molecule has 5 nitrogen and oxygen atoms in total. The number of hydrogen-bond donors (Lipinski definition) is 1. The summed E-state index contributed by atoms with van der Waals surface area (Å²) in [6, 6.07) is 5.43. The molecule has 1 atom stereocenters. The highest BCUT2D eigenvalue weighted by atomic mass is 32.2.